The van der Waals surface area contributed by atoms with Gasteiger partial charge >= 0.3 is 0 Å². The van der Waals surface area contributed by atoms with Gasteiger partial charge in [0.2, 0.25) is 0 Å². The summed E-state index contributed by atoms with van der Waals surface area (Å²) in [6.07, 6.45) is -1.08. The van der Waals surface area contributed by atoms with Crippen molar-refractivity contribution < 1.29 is 18.8 Å². The summed E-state index contributed by atoms with van der Waals surface area (Å²) in [5.41, 5.74) is 1.38. The Morgan fingerprint density at radius 3 is 1.24 bits per heavy atom. The van der Waals surface area contributed by atoms with Crippen molar-refractivity contribution in [3.05, 3.63) is 157 Å². The second-order valence-corrected chi connectivity index (χ2v) is 23.4. The summed E-state index contributed by atoms with van der Waals surface area (Å²) >= 11 is 0. The average Bonchev–Trinajstić information content (AvgIpc) is 3.12. The van der Waals surface area contributed by atoms with Crippen molar-refractivity contribution in [2.45, 2.75) is 64.3 Å². The quantitative estimate of drug-likeness (QED) is 0.0765. The third-order valence-corrected chi connectivity index (χ3v) is 19.4. The summed E-state index contributed by atoms with van der Waals surface area (Å²) in [7, 11) is -5.86. The van der Waals surface area contributed by atoms with Crippen LogP contribution in [0.15, 0.2) is 157 Å². The normalized spacial score (nSPS) is 13.5. The van der Waals surface area contributed by atoms with Gasteiger partial charge in [0.1, 0.15) is 18.4 Å². The molecule has 1 atom stereocenters. The molecule has 260 valence electrons. The molecule has 1 unspecified atom stereocenters. The SMILES string of the molecule is CC(C)(C)[Si](OC/C(=N\OCc1ccccc1)C(O)CO[Si](c1ccccc1)(c1ccccc1)C(C)(C)C)(c1ccccc1)c1ccccc1. The molecule has 0 heterocycles. The number of rotatable bonds is 14. The molecule has 0 radical (unpaired) electrons. The first-order valence-electron chi connectivity index (χ1n) is 17.4. The number of hydrogen-bond donors (Lipinski definition) is 1. The topological polar surface area (TPSA) is 60.3 Å². The first kappa shape index (κ1) is 37.1. The van der Waals surface area contributed by atoms with E-state index >= 15 is 0 Å². The molecule has 0 aliphatic carbocycles. The molecular weight excluding hydrogens is 651 g/mol. The molecule has 5 nitrogen and oxygen atoms in total. The predicted octanol–water partition coefficient (Wildman–Crippen LogP) is 7.07. The third-order valence-electron chi connectivity index (χ3n) is 9.37. The van der Waals surface area contributed by atoms with Crippen molar-refractivity contribution in [1.82, 2.24) is 0 Å². The highest BCUT2D eigenvalue weighted by atomic mass is 28.4. The van der Waals surface area contributed by atoms with E-state index < -0.39 is 22.7 Å². The molecule has 0 saturated carbocycles. The molecular formula is C43H51NO4Si2. The van der Waals surface area contributed by atoms with E-state index in [-0.39, 0.29) is 29.9 Å². The monoisotopic (exact) mass is 701 g/mol. The van der Waals surface area contributed by atoms with Crippen LogP contribution < -0.4 is 20.7 Å². The molecule has 0 amide bonds. The van der Waals surface area contributed by atoms with Crippen LogP contribution in [0.4, 0.5) is 0 Å². The van der Waals surface area contributed by atoms with Crippen LogP contribution >= 0.6 is 0 Å². The molecule has 0 saturated heterocycles. The van der Waals surface area contributed by atoms with Gasteiger partial charge in [-0.25, -0.2) is 0 Å². The van der Waals surface area contributed by atoms with Crippen molar-refractivity contribution in [1.29, 1.82) is 0 Å². The van der Waals surface area contributed by atoms with E-state index in [1.54, 1.807) is 0 Å². The van der Waals surface area contributed by atoms with Crippen LogP contribution in [-0.2, 0) is 20.3 Å². The van der Waals surface area contributed by atoms with E-state index in [2.05, 4.69) is 144 Å². The maximum Gasteiger partial charge on any atom is 0.261 e. The molecule has 7 heteroatoms. The number of aliphatic hydroxyl groups is 1. The molecule has 0 bridgehead atoms. The second-order valence-electron chi connectivity index (χ2n) is 14.8. The van der Waals surface area contributed by atoms with Crippen molar-refractivity contribution in [2.75, 3.05) is 13.2 Å². The van der Waals surface area contributed by atoms with Crippen LogP contribution in [0.2, 0.25) is 10.1 Å². The average molecular weight is 702 g/mol. The summed E-state index contributed by atoms with van der Waals surface area (Å²) in [4.78, 5) is 5.95. The fraction of sp³-hybridized carbons (Fsp3) is 0.279. The standard InChI is InChI=1S/C43H51NO4Si2/c1-42(2,3)49(36-24-14-8-15-25-36,37-26-16-9-17-27-37)47-33-40(44-46-32-35-22-12-7-13-23-35)41(45)34-48-50(43(4,5)6,38-28-18-10-19-29-38)39-30-20-11-21-31-39/h7-31,41,45H,32-34H2,1-6H3/b44-40+. The third kappa shape index (κ3) is 8.09. The van der Waals surface area contributed by atoms with Gasteiger partial charge in [-0.15, -0.1) is 0 Å². The highest BCUT2D eigenvalue weighted by Gasteiger charge is 2.52. The lowest BCUT2D eigenvalue weighted by Crippen LogP contribution is -2.68. The van der Waals surface area contributed by atoms with Gasteiger partial charge in [0, 0.05) is 0 Å². The summed E-state index contributed by atoms with van der Waals surface area (Å²) in [6, 6.07) is 51.8. The van der Waals surface area contributed by atoms with Crippen LogP contribution in [0.3, 0.4) is 0 Å². The summed E-state index contributed by atoms with van der Waals surface area (Å²) in [6.45, 7) is 13.8. The van der Waals surface area contributed by atoms with Crippen molar-refractivity contribution >= 4 is 43.1 Å². The molecule has 5 aromatic rings. The van der Waals surface area contributed by atoms with E-state index in [0.717, 1.165) is 26.3 Å². The molecule has 0 spiro atoms. The number of nitrogens with zero attached hydrogens (tertiary/aromatic N) is 1. The predicted molar refractivity (Wildman–Crippen MR) is 212 cm³/mol. The number of benzene rings is 5. The van der Waals surface area contributed by atoms with Crippen molar-refractivity contribution in [3.8, 4) is 0 Å². The maximum absolute atomic E-state index is 12.1. The Hall–Kier alpha value is -4.12. The minimum atomic E-state index is -2.94. The van der Waals surface area contributed by atoms with Gasteiger partial charge in [-0.3, -0.25) is 0 Å². The van der Waals surface area contributed by atoms with Crippen LogP contribution in [-0.4, -0.2) is 46.8 Å². The lowest BCUT2D eigenvalue weighted by atomic mass is 10.2. The molecule has 1 N–H and O–H groups in total. The Bertz CT molecular complexity index is 1690. The van der Waals surface area contributed by atoms with E-state index in [1.165, 1.54) is 0 Å². The van der Waals surface area contributed by atoms with Gasteiger partial charge < -0.3 is 18.8 Å². The Kier molecular flexibility index (Phi) is 12.1. The molecule has 5 aromatic carbocycles. The van der Waals surface area contributed by atoms with Gasteiger partial charge in [0.25, 0.3) is 16.6 Å². The van der Waals surface area contributed by atoms with Crippen LogP contribution in [0.5, 0.6) is 0 Å². The molecule has 0 fully saturated rings. The number of hydrogen-bond acceptors (Lipinski definition) is 5. The molecule has 5 rings (SSSR count). The highest BCUT2D eigenvalue weighted by Crippen LogP contribution is 2.38. The maximum atomic E-state index is 12.1. The molecule has 0 aliphatic rings. The fourth-order valence-electron chi connectivity index (χ4n) is 6.95. The van der Waals surface area contributed by atoms with Gasteiger partial charge in [-0.05, 0) is 36.4 Å². The van der Waals surface area contributed by atoms with Crippen LogP contribution in [0, 0.1) is 0 Å². The lowest BCUT2D eigenvalue weighted by Gasteiger charge is -2.44. The first-order chi connectivity index (χ1) is 24.0. The highest BCUT2D eigenvalue weighted by molar-refractivity contribution is 7.00. The first-order valence-corrected chi connectivity index (χ1v) is 21.2. The lowest BCUT2D eigenvalue weighted by molar-refractivity contribution is 0.110. The second kappa shape index (κ2) is 16.3. The summed E-state index contributed by atoms with van der Waals surface area (Å²) in [5, 5.41) is 20.8. The zero-order chi connectivity index (χ0) is 35.7. The van der Waals surface area contributed by atoms with Crippen LogP contribution in [0.1, 0.15) is 47.1 Å². The van der Waals surface area contributed by atoms with Gasteiger partial charge in [-0.2, -0.15) is 0 Å². The minimum Gasteiger partial charge on any atom is -0.404 e. The Balaban J connectivity index is 1.53. The van der Waals surface area contributed by atoms with Gasteiger partial charge in [0.05, 0.1) is 13.2 Å². The summed E-state index contributed by atoms with van der Waals surface area (Å²) in [5.74, 6) is 0. The fourth-order valence-corrected chi connectivity index (χ4v) is 16.0. The molecule has 50 heavy (non-hydrogen) atoms. The smallest absolute Gasteiger partial charge is 0.261 e. The Labute approximate surface area is 300 Å². The van der Waals surface area contributed by atoms with Crippen LogP contribution in [0.25, 0.3) is 0 Å². The van der Waals surface area contributed by atoms with Crippen molar-refractivity contribution in [3.63, 3.8) is 0 Å². The van der Waals surface area contributed by atoms with Crippen molar-refractivity contribution in [2.24, 2.45) is 5.16 Å². The van der Waals surface area contributed by atoms with E-state index in [1.807, 2.05) is 54.6 Å². The largest absolute Gasteiger partial charge is 0.404 e. The molecule has 0 aliphatic heterocycles. The number of aliphatic hydroxyl groups excluding tert-OH is 1. The minimum absolute atomic E-state index is 0.0327. The zero-order valence-electron chi connectivity index (χ0n) is 30.3. The van der Waals surface area contributed by atoms with E-state index in [4.69, 9.17) is 13.7 Å². The van der Waals surface area contributed by atoms with E-state index in [9.17, 15) is 5.11 Å². The number of oxime groups is 1. The Morgan fingerprint density at radius 2 is 0.880 bits per heavy atom. The zero-order valence-corrected chi connectivity index (χ0v) is 32.3. The Morgan fingerprint density at radius 1 is 0.540 bits per heavy atom. The van der Waals surface area contributed by atoms with Gasteiger partial charge in [-0.1, -0.05) is 198 Å². The van der Waals surface area contributed by atoms with Gasteiger partial charge in [0.15, 0.2) is 0 Å². The molecule has 0 aromatic heterocycles. The van der Waals surface area contributed by atoms with E-state index in [0.29, 0.717) is 5.71 Å². The summed E-state index contributed by atoms with van der Waals surface area (Å²) < 4.78 is 14.4.